The first-order valence-electron chi connectivity index (χ1n) is 4.11. The van der Waals surface area contributed by atoms with Crippen LogP contribution >= 0.6 is 0 Å². The van der Waals surface area contributed by atoms with Crippen molar-refractivity contribution in [2.24, 2.45) is 0 Å². The summed E-state index contributed by atoms with van der Waals surface area (Å²) < 4.78 is 40.2. The Bertz CT molecular complexity index is 354. The molecule has 0 N–H and O–H groups in total. The third-order valence-corrected chi connectivity index (χ3v) is 1.73. The molecule has 1 rings (SSSR count). The summed E-state index contributed by atoms with van der Waals surface area (Å²) in [6.07, 6.45) is -2.11. The lowest BCUT2D eigenvalue weighted by Crippen LogP contribution is -2.18. The maximum absolute atomic E-state index is 12.1. The van der Waals surface area contributed by atoms with Gasteiger partial charge in [-0.15, -0.1) is 13.2 Å². The Labute approximate surface area is 85.5 Å². The normalized spacial score (nSPS) is 10.9. The van der Waals surface area contributed by atoms with Crippen molar-refractivity contribution in [3.05, 3.63) is 42.5 Å². The Morgan fingerprint density at radius 1 is 1.07 bits per heavy atom. The van der Waals surface area contributed by atoms with Crippen LogP contribution < -0.4 is 4.74 Å². The van der Waals surface area contributed by atoms with Crippen molar-refractivity contribution in [2.75, 3.05) is 0 Å². The van der Waals surface area contributed by atoms with Gasteiger partial charge in [-0.05, 0) is 0 Å². The molecule has 1 aromatic rings. The van der Waals surface area contributed by atoms with E-state index in [0.717, 1.165) is 0 Å². The van der Waals surface area contributed by atoms with Gasteiger partial charge in [-0.3, -0.25) is 0 Å². The number of hydrogen-bond donors (Lipinski definition) is 0. The van der Waals surface area contributed by atoms with E-state index >= 15 is 0 Å². The summed E-state index contributed by atoms with van der Waals surface area (Å²) in [7, 11) is 0. The van der Waals surface area contributed by atoms with E-state index in [2.05, 4.69) is 17.9 Å². The lowest BCUT2D eigenvalue weighted by molar-refractivity contribution is -0.274. The van der Waals surface area contributed by atoms with Crippen LogP contribution in [0.15, 0.2) is 31.4 Å². The van der Waals surface area contributed by atoms with Crippen LogP contribution in [0, 0.1) is 0 Å². The van der Waals surface area contributed by atoms with Gasteiger partial charge in [0.1, 0.15) is 5.75 Å². The quantitative estimate of drug-likeness (QED) is 0.742. The summed E-state index contributed by atoms with van der Waals surface area (Å²) in [6, 6.07) is 4.58. The van der Waals surface area contributed by atoms with Gasteiger partial charge < -0.3 is 4.74 Å². The first-order valence-corrected chi connectivity index (χ1v) is 4.11. The largest absolute Gasteiger partial charge is 0.573 e. The zero-order chi connectivity index (χ0) is 11.5. The van der Waals surface area contributed by atoms with E-state index in [0.29, 0.717) is 0 Å². The Morgan fingerprint density at radius 3 is 1.87 bits per heavy atom. The molecule has 1 nitrogen and oxygen atoms in total. The molecule has 0 saturated carbocycles. The summed E-state index contributed by atoms with van der Waals surface area (Å²) in [5.41, 5.74) is 0.564. The first-order chi connectivity index (χ1) is 6.98. The molecule has 0 amide bonds. The average Bonchev–Trinajstić information content (AvgIpc) is 2.16. The van der Waals surface area contributed by atoms with Crippen molar-refractivity contribution in [3.8, 4) is 5.75 Å². The van der Waals surface area contributed by atoms with Crippen LogP contribution in [-0.2, 0) is 0 Å². The molecule has 0 saturated heterocycles. The number of halogens is 3. The molecule has 4 heteroatoms. The molecule has 15 heavy (non-hydrogen) atoms. The highest BCUT2D eigenvalue weighted by Gasteiger charge is 2.32. The van der Waals surface area contributed by atoms with Crippen LogP contribution in [0.4, 0.5) is 13.2 Å². The predicted octanol–water partition coefficient (Wildman–Crippen LogP) is 3.87. The van der Waals surface area contributed by atoms with Crippen molar-refractivity contribution in [3.63, 3.8) is 0 Å². The predicted molar refractivity (Wildman–Crippen MR) is 53.3 cm³/mol. The molecule has 80 valence electrons. The van der Waals surface area contributed by atoms with E-state index in [4.69, 9.17) is 0 Å². The molecular weight excluding hydrogens is 205 g/mol. The summed E-state index contributed by atoms with van der Waals surface area (Å²) in [4.78, 5) is 0. The molecule has 0 unspecified atom stereocenters. The third kappa shape index (κ3) is 2.87. The van der Waals surface area contributed by atoms with Gasteiger partial charge in [0.25, 0.3) is 0 Å². The SMILES string of the molecule is C=Cc1cccc(C=C)c1OC(F)(F)F. The van der Waals surface area contributed by atoms with Crippen molar-refractivity contribution in [2.45, 2.75) is 6.36 Å². The van der Waals surface area contributed by atoms with Crippen LogP contribution in [0.3, 0.4) is 0 Å². The van der Waals surface area contributed by atoms with Crippen LogP contribution in [0.25, 0.3) is 12.2 Å². The van der Waals surface area contributed by atoms with Crippen molar-refractivity contribution in [1.29, 1.82) is 0 Å². The maximum atomic E-state index is 12.1. The molecule has 0 aromatic heterocycles. The third-order valence-electron chi connectivity index (χ3n) is 1.73. The van der Waals surface area contributed by atoms with E-state index < -0.39 is 6.36 Å². The molecule has 0 bridgehead atoms. The minimum Gasteiger partial charge on any atom is -0.405 e. The molecule has 0 atom stereocenters. The zero-order valence-corrected chi connectivity index (χ0v) is 7.84. The summed E-state index contributed by atoms with van der Waals surface area (Å²) in [5, 5.41) is 0. The van der Waals surface area contributed by atoms with Crippen molar-refractivity contribution in [1.82, 2.24) is 0 Å². The molecule has 0 fully saturated rings. The van der Waals surface area contributed by atoms with Crippen LogP contribution in [-0.4, -0.2) is 6.36 Å². The Morgan fingerprint density at radius 2 is 1.53 bits per heavy atom. The summed E-state index contributed by atoms with van der Waals surface area (Å²) in [6.45, 7) is 6.83. The molecule has 0 aliphatic carbocycles. The van der Waals surface area contributed by atoms with Gasteiger partial charge in [0.2, 0.25) is 0 Å². The highest BCUT2D eigenvalue weighted by molar-refractivity contribution is 5.66. The lowest BCUT2D eigenvalue weighted by atomic mass is 10.1. The Kier molecular flexibility index (Phi) is 3.19. The smallest absolute Gasteiger partial charge is 0.405 e. The number of rotatable bonds is 3. The van der Waals surface area contributed by atoms with Gasteiger partial charge in [-0.2, -0.15) is 0 Å². The second kappa shape index (κ2) is 4.21. The van der Waals surface area contributed by atoms with Crippen molar-refractivity contribution >= 4 is 12.2 Å². The highest BCUT2D eigenvalue weighted by Crippen LogP contribution is 2.31. The molecular formula is C11H9F3O. The van der Waals surface area contributed by atoms with E-state index in [-0.39, 0.29) is 16.9 Å². The van der Waals surface area contributed by atoms with E-state index in [1.807, 2.05) is 0 Å². The second-order valence-electron chi connectivity index (χ2n) is 2.72. The summed E-state index contributed by atoms with van der Waals surface area (Å²) in [5.74, 6) is -0.269. The minimum absolute atomic E-state index is 0.269. The number of benzene rings is 1. The fraction of sp³-hybridized carbons (Fsp3) is 0.0909. The molecule has 0 heterocycles. The molecule has 0 spiro atoms. The maximum Gasteiger partial charge on any atom is 0.573 e. The molecule has 0 aliphatic heterocycles. The van der Waals surface area contributed by atoms with Gasteiger partial charge in [0.05, 0.1) is 0 Å². The van der Waals surface area contributed by atoms with Crippen LogP contribution in [0.5, 0.6) is 5.75 Å². The fourth-order valence-corrected chi connectivity index (χ4v) is 1.13. The van der Waals surface area contributed by atoms with Gasteiger partial charge >= 0.3 is 6.36 Å². The topological polar surface area (TPSA) is 9.23 Å². The molecule has 1 aromatic carbocycles. The van der Waals surface area contributed by atoms with E-state index in [1.54, 1.807) is 6.07 Å². The lowest BCUT2D eigenvalue weighted by Gasteiger charge is -2.13. The number of ether oxygens (including phenoxy) is 1. The van der Waals surface area contributed by atoms with Gasteiger partial charge in [-0.1, -0.05) is 43.5 Å². The fourth-order valence-electron chi connectivity index (χ4n) is 1.13. The molecule has 0 radical (unpaired) electrons. The van der Waals surface area contributed by atoms with Gasteiger partial charge in [0.15, 0.2) is 0 Å². The Hall–Kier alpha value is -1.71. The summed E-state index contributed by atoms with van der Waals surface area (Å²) >= 11 is 0. The standard InChI is InChI=1S/C11H9F3O/c1-3-8-6-5-7-9(4-2)10(8)15-11(12,13)14/h3-7H,1-2H2. The highest BCUT2D eigenvalue weighted by atomic mass is 19.4. The first kappa shape index (κ1) is 11.4. The Balaban J connectivity index is 3.22. The zero-order valence-electron chi connectivity index (χ0n) is 7.84. The monoisotopic (exact) mass is 214 g/mol. The number of alkyl halides is 3. The van der Waals surface area contributed by atoms with Gasteiger partial charge in [-0.25, -0.2) is 0 Å². The van der Waals surface area contributed by atoms with Crippen LogP contribution in [0.1, 0.15) is 11.1 Å². The van der Waals surface area contributed by atoms with E-state index in [9.17, 15) is 13.2 Å². The van der Waals surface area contributed by atoms with Gasteiger partial charge in [0, 0.05) is 11.1 Å². The minimum atomic E-state index is -4.71. The second-order valence-corrected chi connectivity index (χ2v) is 2.72. The number of para-hydroxylation sites is 1. The van der Waals surface area contributed by atoms with Crippen LogP contribution in [0.2, 0.25) is 0 Å². The molecule has 0 aliphatic rings. The average molecular weight is 214 g/mol. The van der Waals surface area contributed by atoms with E-state index in [1.165, 1.54) is 24.3 Å². The van der Waals surface area contributed by atoms with Crippen molar-refractivity contribution < 1.29 is 17.9 Å². The number of hydrogen-bond acceptors (Lipinski definition) is 1.